The highest BCUT2D eigenvalue weighted by molar-refractivity contribution is 6.32. The molecule has 0 aliphatic heterocycles. The van der Waals surface area contributed by atoms with Gasteiger partial charge in [0.15, 0.2) is 0 Å². The molecule has 22 heavy (non-hydrogen) atoms. The highest BCUT2D eigenvalue weighted by Crippen LogP contribution is 2.34. The Labute approximate surface area is 148 Å². The van der Waals surface area contributed by atoms with Crippen molar-refractivity contribution in [1.29, 1.82) is 0 Å². The maximum Gasteiger partial charge on any atom is 0.244 e. The molecule has 2 rings (SSSR count). The smallest absolute Gasteiger partial charge is 0.244 e. The van der Waals surface area contributed by atoms with Gasteiger partial charge in [-0.25, -0.2) is 0 Å². The summed E-state index contributed by atoms with van der Waals surface area (Å²) in [4.78, 5) is 13.9. The second-order valence-electron chi connectivity index (χ2n) is 5.41. The Hall–Kier alpha value is -0.720. The summed E-state index contributed by atoms with van der Waals surface area (Å²) in [5.74, 6) is 0.454. The number of hydrogen-bond donors (Lipinski definition) is 2. The normalized spacial score (nSPS) is 14.6. The zero-order valence-corrected chi connectivity index (χ0v) is 15.0. The van der Waals surface area contributed by atoms with Gasteiger partial charge in [-0.1, -0.05) is 11.6 Å². The van der Waals surface area contributed by atoms with Crippen LogP contribution >= 0.6 is 36.4 Å². The lowest BCUT2D eigenvalue weighted by atomic mass is 10.2. The molecule has 1 aliphatic carbocycles. The lowest BCUT2D eigenvalue weighted by Gasteiger charge is -2.14. The number of likely N-dealkylation sites (N-methyl/N-ethyl adjacent to an activating group) is 1. The van der Waals surface area contributed by atoms with Gasteiger partial charge in [-0.15, -0.1) is 24.8 Å². The topological polar surface area (TPSA) is 67.6 Å². The van der Waals surface area contributed by atoms with Crippen LogP contribution in [-0.4, -0.2) is 43.6 Å². The van der Waals surface area contributed by atoms with Crippen LogP contribution in [-0.2, 0) is 4.79 Å². The largest absolute Gasteiger partial charge is 0.491 e. The fourth-order valence-electron chi connectivity index (χ4n) is 1.65. The minimum Gasteiger partial charge on any atom is -0.491 e. The van der Waals surface area contributed by atoms with Gasteiger partial charge in [-0.2, -0.15) is 0 Å². The average Bonchev–Trinajstić information content (AvgIpc) is 3.11. The lowest BCUT2D eigenvalue weighted by molar-refractivity contribution is -0.118. The quantitative estimate of drug-likeness (QED) is 0.807. The third-order valence-corrected chi connectivity index (χ3v) is 3.52. The van der Waals surface area contributed by atoms with E-state index in [2.05, 4.69) is 5.32 Å². The number of rotatable bonds is 6. The molecule has 1 amide bonds. The van der Waals surface area contributed by atoms with Crippen LogP contribution in [0.5, 0.6) is 5.75 Å². The van der Waals surface area contributed by atoms with Gasteiger partial charge in [0.2, 0.25) is 5.91 Å². The molecule has 0 bridgehead atoms. The van der Waals surface area contributed by atoms with Crippen molar-refractivity contribution < 1.29 is 9.53 Å². The summed E-state index contributed by atoms with van der Waals surface area (Å²) in [7, 11) is 3.95. The zero-order valence-electron chi connectivity index (χ0n) is 12.6. The molecule has 1 aliphatic rings. The van der Waals surface area contributed by atoms with Crippen molar-refractivity contribution in [3.63, 3.8) is 0 Å². The molecule has 0 saturated heterocycles. The number of nitrogens with two attached hydrogens (primary N) is 1. The lowest BCUT2D eigenvalue weighted by Crippen LogP contribution is -2.37. The molecule has 1 saturated carbocycles. The number of nitrogens with zero attached hydrogens (tertiary/aromatic N) is 1. The summed E-state index contributed by atoms with van der Waals surface area (Å²) >= 11 is 6.14. The molecule has 3 N–H and O–H groups in total. The predicted molar refractivity (Wildman–Crippen MR) is 94.8 cm³/mol. The minimum absolute atomic E-state index is 0. The van der Waals surface area contributed by atoms with Gasteiger partial charge in [-0.05, 0) is 45.1 Å². The summed E-state index contributed by atoms with van der Waals surface area (Å²) in [6, 6.07) is 5.19. The van der Waals surface area contributed by atoms with Crippen molar-refractivity contribution >= 4 is 48.0 Å². The van der Waals surface area contributed by atoms with Crippen LogP contribution in [0, 0.1) is 0 Å². The Morgan fingerprint density at radius 1 is 1.41 bits per heavy atom. The zero-order chi connectivity index (χ0) is 14.8. The maximum atomic E-state index is 11.8. The first kappa shape index (κ1) is 21.3. The van der Waals surface area contributed by atoms with E-state index in [1.54, 1.807) is 18.2 Å². The van der Waals surface area contributed by atoms with Crippen molar-refractivity contribution in [3.8, 4) is 5.75 Å². The predicted octanol–water partition coefficient (Wildman–Crippen LogP) is 2.55. The van der Waals surface area contributed by atoms with Crippen molar-refractivity contribution in [2.45, 2.75) is 18.4 Å². The minimum atomic E-state index is -0.687. The van der Waals surface area contributed by atoms with E-state index in [0.717, 1.165) is 19.4 Å². The molecule has 5 nitrogen and oxygen atoms in total. The molecule has 0 radical (unpaired) electrons. The van der Waals surface area contributed by atoms with Gasteiger partial charge in [0.1, 0.15) is 12.4 Å². The fraction of sp³-hybridized carbons (Fsp3) is 0.500. The van der Waals surface area contributed by atoms with E-state index in [0.29, 0.717) is 23.1 Å². The molecule has 1 fully saturated rings. The maximum absolute atomic E-state index is 11.8. The van der Waals surface area contributed by atoms with E-state index in [-0.39, 0.29) is 30.7 Å². The molecule has 0 heterocycles. The Kier molecular flexibility index (Phi) is 8.51. The SMILES string of the molecule is CN(C)CCOc1ccc(NC(=O)C2(N)CC2)cc1Cl.Cl.Cl. The Morgan fingerprint density at radius 2 is 2.05 bits per heavy atom. The van der Waals surface area contributed by atoms with Gasteiger partial charge in [-0.3, -0.25) is 4.79 Å². The highest BCUT2D eigenvalue weighted by atomic mass is 35.5. The monoisotopic (exact) mass is 369 g/mol. The van der Waals surface area contributed by atoms with Crippen LogP contribution in [0.1, 0.15) is 12.8 Å². The van der Waals surface area contributed by atoms with Crippen molar-refractivity contribution in [2.24, 2.45) is 5.73 Å². The van der Waals surface area contributed by atoms with Crippen LogP contribution in [0.25, 0.3) is 0 Å². The first-order valence-electron chi connectivity index (χ1n) is 6.58. The molecule has 0 unspecified atom stereocenters. The number of halogens is 3. The van der Waals surface area contributed by atoms with Crippen LogP contribution in [0.15, 0.2) is 18.2 Å². The standard InChI is InChI=1S/C14H20ClN3O2.2ClH/c1-18(2)7-8-20-12-4-3-10(9-11(12)15)17-13(19)14(16)5-6-14;;/h3-4,9H,5-8,16H2,1-2H3,(H,17,19);2*1H. The third kappa shape index (κ3) is 5.82. The van der Waals surface area contributed by atoms with E-state index >= 15 is 0 Å². The second-order valence-corrected chi connectivity index (χ2v) is 5.81. The van der Waals surface area contributed by atoms with Gasteiger partial charge in [0, 0.05) is 12.2 Å². The molecular formula is C14H22Cl3N3O2. The van der Waals surface area contributed by atoms with E-state index in [1.807, 2.05) is 19.0 Å². The number of nitrogens with one attached hydrogen (secondary N) is 1. The Bertz CT molecular complexity index is 508. The number of anilines is 1. The molecule has 0 atom stereocenters. The number of benzene rings is 1. The summed E-state index contributed by atoms with van der Waals surface area (Å²) in [5.41, 5.74) is 5.77. The number of ether oxygens (including phenoxy) is 1. The van der Waals surface area contributed by atoms with Gasteiger partial charge in [0.25, 0.3) is 0 Å². The van der Waals surface area contributed by atoms with Crippen molar-refractivity contribution in [3.05, 3.63) is 23.2 Å². The van der Waals surface area contributed by atoms with E-state index in [1.165, 1.54) is 0 Å². The number of amides is 1. The first-order chi connectivity index (χ1) is 9.40. The second kappa shape index (κ2) is 8.79. The third-order valence-electron chi connectivity index (χ3n) is 3.23. The molecule has 8 heteroatoms. The summed E-state index contributed by atoms with van der Waals surface area (Å²) in [6.07, 6.45) is 1.47. The molecular weight excluding hydrogens is 349 g/mol. The van der Waals surface area contributed by atoms with Gasteiger partial charge < -0.3 is 20.7 Å². The van der Waals surface area contributed by atoms with Gasteiger partial charge in [0.05, 0.1) is 10.6 Å². The molecule has 0 aromatic heterocycles. The molecule has 126 valence electrons. The van der Waals surface area contributed by atoms with E-state index in [4.69, 9.17) is 22.1 Å². The van der Waals surface area contributed by atoms with Gasteiger partial charge >= 0.3 is 0 Å². The van der Waals surface area contributed by atoms with Crippen molar-refractivity contribution in [1.82, 2.24) is 4.90 Å². The van der Waals surface area contributed by atoms with E-state index < -0.39 is 5.54 Å². The van der Waals surface area contributed by atoms with Crippen LogP contribution < -0.4 is 15.8 Å². The first-order valence-corrected chi connectivity index (χ1v) is 6.96. The van der Waals surface area contributed by atoms with Crippen LogP contribution in [0.2, 0.25) is 5.02 Å². The Morgan fingerprint density at radius 3 is 2.55 bits per heavy atom. The molecule has 1 aromatic carbocycles. The van der Waals surface area contributed by atoms with E-state index in [9.17, 15) is 4.79 Å². The summed E-state index contributed by atoms with van der Waals surface area (Å²) in [5, 5.41) is 3.25. The fourth-order valence-corrected chi connectivity index (χ4v) is 1.89. The molecule has 1 aromatic rings. The highest BCUT2D eigenvalue weighted by Gasteiger charge is 2.45. The Balaban J connectivity index is 0.00000220. The van der Waals surface area contributed by atoms with Crippen LogP contribution in [0.4, 0.5) is 5.69 Å². The number of carbonyl (C=O) groups excluding carboxylic acids is 1. The number of carbonyl (C=O) groups is 1. The van der Waals surface area contributed by atoms with Crippen LogP contribution in [0.3, 0.4) is 0 Å². The molecule has 0 spiro atoms. The van der Waals surface area contributed by atoms with Crippen molar-refractivity contribution in [2.75, 3.05) is 32.6 Å². The summed E-state index contributed by atoms with van der Waals surface area (Å²) in [6.45, 7) is 1.37. The number of hydrogen-bond acceptors (Lipinski definition) is 4. The average molecular weight is 371 g/mol. The summed E-state index contributed by atoms with van der Waals surface area (Å²) < 4.78 is 5.58.